The molecule has 0 atom stereocenters. The van der Waals surface area contributed by atoms with Gasteiger partial charge in [0.05, 0.1) is 6.61 Å². The molecule has 1 heterocycles. The zero-order chi connectivity index (χ0) is 11.6. The Labute approximate surface area is 99.5 Å². The first-order chi connectivity index (χ1) is 7.83. The van der Waals surface area contributed by atoms with E-state index in [0.29, 0.717) is 0 Å². The second-order valence-corrected chi connectivity index (χ2v) is 4.46. The molecule has 4 heteroatoms. The third-order valence-corrected chi connectivity index (χ3v) is 3.03. The van der Waals surface area contributed by atoms with Crippen molar-refractivity contribution in [2.45, 2.75) is 12.8 Å². The van der Waals surface area contributed by atoms with Crippen LogP contribution in [0.3, 0.4) is 0 Å². The molecule has 0 aromatic rings. The molecule has 0 radical (unpaired) electrons. The second-order valence-electron chi connectivity index (χ2n) is 4.46. The molecule has 0 aliphatic carbocycles. The van der Waals surface area contributed by atoms with Crippen molar-refractivity contribution in [2.24, 2.45) is 0 Å². The molecular formula is C12H26N2O2. The Morgan fingerprint density at radius 2 is 1.62 bits per heavy atom. The van der Waals surface area contributed by atoms with E-state index in [1.165, 1.54) is 26.2 Å². The first-order valence-electron chi connectivity index (χ1n) is 6.30. The Hall–Kier alpha value is -0.160. The van der Waals surface area contributed by atoms with Gasteiger partial charge in [0.15, 0.2) is 0 Å². The van der Waals surface area contributed by atoms with Gasteiger partial charge in [-0.25, -0.2) is 0 Å². The summed E-state index contributed by atoms with van der Waals surface area (Å²) in [6.45, 7) is 8.42. The maximum Gasteiger partial charge on any atom is 0.0593 e. The molecule has 0 aromatic carbocycles. The van der Waals surface area contributed by atoms with Gasteiger partial charge in [-0.2, -0.15) is 0 Å². The number of likely N-dealkylation sites (N-methyl/N-ethyl adjacent to an activating group) is 1. The van der Waals surface area contributed by atoms with Crippen molar-refractivity contribution in [2.75, 3.05) is 66.7 Å². The van der Waals surface area contributed by atoms with Gasteiger partial charge in [-0.3, -0.25) is 4.90 Å². The Morgan fingerprint density at radius 3 is 2.31 bits per heavy atom. The third-order valence-electron chi connectivity index (χ3n) is 3.03. The van der Waals surface area contributed by atoms with Crippen molar-refractivity contribution in [1.29, 1.82) is 0 Å². The highest BCUT2D eigenvalue weighted by molar-refractivity contribution is 4.68. The van der Waals surface area contributed by atoms with Crippen LogP contribution in [0.5, 0.6) is 0 Å². The molecule has 16 heavy (non-hydrogen) atoms. The molecule has 1 aliphatic rings. The maximum atomic E-state index is 5.60. The van der Waals surface area contributed by atoms with Crippen molar-refractivity contribution < 1.29 is 9.47 Å². The van der Waals surface area contributed by atoms with Gasteiger partial charge in [-0.15, -0.1) is 0 Å². The summed E-state index contributed by atoms with van der Waals surface area (Å²) in [4.78, 5) is 4.86. The number of unbranched alkanes of at least 4 members (excludes halogenated alkanes) is 1. The largest absolute Gasteiger partial charge is 0.385 e. The van der Waals surface area contributed by atoms with E-state index in [2.05, 4.69) is 16.8 Å². The van der Waals surface area contributed by atoms with Gasteiger partial charge >= 0.3 is 0 Å². The van der Waals surface area contributed by atoms with Gasteiger partial charge in [0.25, 0.3) is 0 Å². The molecule has 0 N–H and O–H groups in total. The number of nitrogens with zero attached hydrogens (tertiary/aromatic N) is 2. The predicted molar refractivity (Wildman–Crippen MR) is 65.9 cm³/mol. The molecule has 0 saturated carbocycles. The van der Waals surface area contributed by atoms with Gasteiger partial charge in [0.1, 0.15) is 0 Å². The van der Waals surface area contributed by atoms with Crippen LogP contribution >= 0.6 is 0 Å². The fourth-order valence-corrected chi connectivity index (χ4v) is 1.82. The van der Waals surface area contributed by atoms with Gasteiger partial charge < -0.3 is 14.4 Å². The van der Waals surface area contributed by atoms with E-state index in [1.54, 1.807) is 7.11 Å². The van der Waals surface area contributed by atoms with Crippen molar-refractivity contribution >= 4 is 0 Å². The highest BCUT2D eigenvalue weighted by atomic mass is 16.5. The Kier molecular flexibility index (Phi) is 7.76. The summed E-state index contributed by atoms with van der Waals surface area (Å²) in [6.07, 6.45) is 2.21. The minimum absolute atomic E-state index is 0.849. The lowest BCUT2D eigenvalue weighted by atomic mass is 10.3. The van der Waals surface area contributed by atoms with Gasteiger partial charge in [-0.1, -0.05) is 0 Å². The van der Waals surface area contributed by atoms with Crippen molar-refractivity contribution in [3.63, 3.8) is 0 Å². The zero-order valence-corrected chi connectivity index (χ0v) is 10.8. The summed E-state index contributed by atoms with van der Waals surface area (Å²) in [5.41, 5.74) is 0. The highest BCUT2D eigenvalue weighted by Crippen LogP contribution is 1.98. The van der Waals surface area contributed by atoms with Crippen LogP contribution in [0.15, 0.2) is 0 Å². The fraction of sp³-hybridized carbons (Fsp3) is 1.00. The van der Waals surface area contributed by atoms with Gasteiger partial charge in [0.2, 0.25) is 0 Å². The normalized spacial score (nSPS) is 19.1. The van der Waals surface area contributed by atoms with Crippen LogP contribution in [0.1, 0.15) is 12.8 Å². The standard InChI is InChI=1S/C12H26N2O2/c1-13-5-7-14(8-6-13)9-12-16-11-4-3-10-15-2/h3-12H2,1-2H3. The van der Waals surface area contributed by atoms with Crippen LogP contribution in [-0.2, 0) is 9.47 Å². The average molecular weight is 230 g/mol. The number of rotatable bonds is 8. The molecule has 0 unspecified atom stereocenters. The second kappa shape index (κ2) is 8.93. The minimum atomic E-state index is 0.849. The Bertz CT molecular complexity index is 159. The van der Waals surface area contributed by atoms with Crippen LogP contribution in [0.4, 0.5) is 0 Å². The monoisotopic (exact) mass is 230 g/mol. The summed E-state index contributed by atoms with van der Waals surface area (Å²) in [7, 11) is 3.93. The molecule has 96 valence electrons. The van der Waals surface area contributed by atoms with Crippen LogP contribution in [0.2, 0.25) is 0 Å². The summed E-state index contributed by atoms with van der Waals surface area (Å²) in [5, 5.41) is 0. The fourth-order valence-electron chi connectivity index (χ4n) is 1.82. The summed E-state index contributed by atoms with van der Waals surface area (Å²) in [6, 6.07) is 0. The van der Waals surface area contributed by atoms with E-state index in [9.17, 15) is 0 Å². The minimum Gasteiger partial charge on any atom is -0.385 e. The molecule has 4 nitrogen and oxygen atoms in total. The molecule has 0 bridgehead atoms. The molecule has 1 saturated heterocycles. The first-order valence-corrected chi connectivity index (χ1v) is 6.30. The highest BCUT2D eigenvalue weighted by Gasteiger charge is 2.12. The van der Waals surface area contributed by atoms with Crippen molar-refractivity contribution in [3.05, 3.63) is 0 Å². The van der Waals surface area contributed by atoms with Crippen LogP contribution in [0, 0.1) is 0 Å². The smallest absolute Gasteiger partial charge is 0.0593 e. The molecule has 0 spiro atoms. The number of ether oxygens (including phenoxy) is 2. The first kappa shape index (κ1) is 13.9. The van der Waals surface area contributed by atoms with Gasteiger partial charge in [0, 0.05) is 53.0 Å². The number of hydrogen-bond donors (Lipinski definition) is 0. The molecule has 1 rings (SSSR count). The van der Waals surface area contributed by atoms with E-state index in [-0.39, 0.29) is 0 Å². The number of methoxy groups -OCH3 is 1. The predicted octanol–water partition coefficient (Wildman–Crippen LogP) is 0.677. The lowest BCUT2D eigenvalue weighted by Gasteiger charge is -2.32. The SMILES string of the molecule is COCCCCOCCN1CCN(C)CC1. The molecule has 0 amide bonds. The van der Waals surface area contributed by atoms with Crippen molar-refractivity contribution in [3.8, 4) is 0 Å². The molecule has 1 fully saturated rings. The average Bonchev–Trinajstić information content (AvgIpc) is 2.30. The van der Waals surface area contributed by atoms with Crippen LogP contribution in [-0.4, -0.2) is 76.5 Å². The summed E-state index contributed by atoms with van der Waals surface area (Å²) < 4.78 is 10.6. The molecule has 1 aliphatic heterocycles. The van der Waals surface area contributed by atoms with Crippen molar-refractivity contribution in [1.82, 2.24) is 9.80 Å². The lowest BCUT2D eigenvalue weighted by molar-refractivity contribution is 0.0768. The van der Waals surface area contributed by atoms with E-state index in [4.69, 9.17) is 9.47 Å². The van der Waals surface area contributed by atoms with E-state index >= 15 is 0 Å². The number of hydrogen-bond acceptors (Lipinski definition) is 4. The zero-order valence-electron chi connectivity index (χ0n) is 10.8. The summed E-state index contributed by atoms with van der Waals surface area (Å²) >= 11 is 0. The third kappa shape index (κ3) is 6.43. The maximum absolute atomic E-state index is 5.60. The van der Waals surface area contributed by atoms with E-state index in [1.807, 2.05) is 0 Å². The quantitative estimate of drug-likeness (QED) is 0.572. The molecular weight excluding hydrogens is 204 g/mol. The van der Waals surface area contributed by atoms with E-state index in [0.717, 1.165) is 39.2 Å². The Balaban J connectivity index is 1.84. The van der Waals surface area contributed by atoms with Crippen LogP contribution in [0.25, 0.3) is 0 Å². The summed E-state index contributed by atoms with van der Waals surface area (Å²) in [5.74, 6) is 0. The van der Waals surface area contributed by atoms with Gasteiger partial charge in [-0.05, 0) is 19.9 Å². The topological polar surface area (TPSA) is 24.9 Å². The Morgan fingerprint density at radius 1 is 0.938 bits per heavy atom. The number of piperazine rings is 1. The van der Waals surface area contributed by atoms with Crippen LogP contribution < -0.4 is 0 Å². The molecule has 0 aromatic heterocycles. The lowest BCUT2D eigenvalue weighted by Crippen LogP contribution is -2.45. The van der Waals surface area contributed by atoms with E-state index < -0.39 is 0 Å².